The van der Waals surface area contributed by atoms with Crippen LogP contribution in [0.25, 0.3) is 33.4 Å². The van der Waals surface area contributed by atoms with Crippen molar-refractivity contribution in [2.75, 3.05) is 4.90 Å². The topological polar surface area (TPSA) is 3.24 Å². The number of fused-ring (bicyclic) bond motifs is 3. The highest BCUT2D eigenvalue weighted by Crippen LogP contribution is 2.56. The Morgan fingerprint density at radius 2 is 0.760 bits per heavy atom. The van der Waals surface area contributed by atoms with E-state index in [9.17, 15) is 0 Å². The highest BCUT2D eigenvalue weighted by molar-refractivity contribution is 5.92. The monoisotopic (exact) mass is 637 g/mol. The van der Waals surface area contributed by atoms with E-state index < -0.39 is 5.41 Å². The van der Waals surface area contributed by atoms with Gasteiger partial charge in [-0.3, -0.25) is 0 Å². The van der Waals surface area contributed by atoms with E-state index in [4.69, 9.17) is 0 Å². The lowest BCUT2D eigenvalue weighted by Gasteiger charge is -2.34. The Morgan fingerprint density at radius 1 is 0.300 bits per heavy atom. The van der Waals surface area contributed by atoms with Crippen LogP contribution in [0, 0.1) is 0 Å². The Hall–Kier alpha value is -6.44. The van der Waals surface area contributed by atoms with E-state index in [1.165, 1.54) is 55.6 Å². The van der Waals surface area contributed by atoms with Crippen LogP contribution in [0.5, 0.6) is 0 Å². The molecule has 1 aliphatic carbocycles. The fourth-order valence-electron chi connectivity index (χ4n) is 7.96. The van der Waals surface area contributed by atoms with Crippen molar-refractivity contribution in [3.8, 4) is 33.4 Å². The van der Waals surface area contributed by atoms with E-state index in [1.54, 1.807) is 0 Å². The molecule has 1 nitrogen and oxygen atoms in total. The fourth-order valence-corrected chi connectivity index (χ4v) is 7.96. The summed E-state index contributed by atoms with van der Waals surface area (Å²) in [5.41, 5.74) is 15.4. The summed E-state index contributed by atoms with van der Waals surface area (Å²) in [4.78, 5) is 2.36. The van der Waals surface area contributed by atoms with E-state index in [2.05, 4.69) is 217 Å². The van der Waals surface area contributed by atoms with E-state index in [-0.39, 0.29) is 0 Å². The van der Waals surface area contributed by atoms with E-state index >= 15 is 0 Å². The van der Waals surface area contributed by atoms with Crippen molar-refractivity contribution in [1.82, 2.24) is 0 Å². The number of para-hydroxylation sites is 2. The molecule has 0 radical (unpaired) electrons. The van der Waals surface area contributed by atoms with Crippen molar-refractivity contribution < 1.29 is 0 Å². The molecule has 0 heterocycles. The van der Waals surface area contributed by atoms with Crippen LogP contribution < -0.4 is 4.90 Å². The van der Waals surface area contributed by atoms with Gasteiger partial charge in [-0.25, -0.2) is 0 Å². The quantitative estimate of drug-likeness (QED) is 0.168. The van der Waals surface area contributed by atoms with Gasteiger partial charge in [-0.05, 0) is 92.5 Å². The van der Waals surface area contributed by atoms with Crippen LogP contribution in [-0.4, -0.2) is 0 Å². The standard InChI is InChI=1S/C49H35N/c1-6-18-36(19-7-1)45-34-37(31-33-48(45)50(41-24-12-4-13-25-41)42-26-14-5-15-27-42)38-30-32-44-43-28-16-17-29-46(43)49(47(44)35-38,39-20-8-2-9-21-39)40-22-10-3-11-23-40/h1-35H. The Morgan fingerprint density at radius 3 is 1.36 bits per heavy atom. The normalized spacial score (nSPS) is 12.6. The lowest BCUT2D eigenvalue weighted by atomic mass is 9.67. The summed E-state index contributed by atoms with van der Waals surface area (Å²) in [5, 5.41) is 0. The molecule has 0 fully saturated rings. The summed E-state index contributed by atoms with van der Waals surface area (Å²) < 4.78 is 0. The molecule has 0 amide bonds. The minimum atomic E-state index is -0.440. The molecule has 0 saturated heterocycles. The van der Waals surface area contributed by atoms with Gasteiger partial charge in [0, 0.05) is 16.9 Å². The third kappa shape index (κ3) is 4.86. The zero-order chi connectivity index (χ0) is 33.3. The number of rotatable bonds is 7. The van der Waals surface area contributed by atoms with E-state index in [0.29, 0.717) is 0 Å². The van der Waals surface area contributed by atoms with E-state index in [0.717, 1.165) is 17.1 Å². The summed E-state index contributed by atoms with van der Waals surface area (Å²) in [7, 11) is 0. The minimum absolute atomic E-state index is 0.440. The minimum Gasteiger partial charge on any atom is -0.310 e. The first-order valence-electron chi connectivity index (χ1n) is 17.3. The molecule has 0 unspecified atom stereocenters. The zero-order valence-corrected chi connectivity index (χ0v) is 27.7. The van der Waals surface area contributed by atoms with Gasteiger partial charge in [0.15, 0.2) is 0 Å². The molecule has 50 heavy (non-hydrogen) atoms. The van der Waals surface area contributed by atoms with Crippen LogP contribution in [0.3, 0.4) is 0 Å². The van der Waals surface area contributed by atoms with Crippen molar-refractivity contribution in [1.29, 1.82) is 0 Å². The first kappa shape index (κ1) is 29.7. The predicted octanol–water partition coefficient (Wildman–Crippen LogP) is 12.9. The van der Waals surface area contributed by atoms with Crippen LogP contribution in [-0.2, 0) is 5.41 Å². The van der Waals surface area contributed by atoms with Gasteiger partial charge in [-0.1, -0.05) is 170 Å². The molecule has 8 aromatic carbocycles. The first-order chi connectivity index (χ1) is 24.8. The second-order valence-electron chi connectivity index (χ2n) is 12.9. The third-order valence-electron chi connectivity index (χ3n) is 10.1. The lowest BCUT2D eigenvalue weighted by molar-refractivity contribution is 0.769. The average Bonchev–Trinajstić information content (AvgIpc) is 3.50. The Labute approximate surface area is 294 Å². The number of hydrogen-bond donors (Lipinski definition) is 0. The molecule has 0 aromatic heterocycles. The first-order valence-corrected chi connectivity index (χ1v) is 17.3. The van der Waals surface area contributed by atoms with Crippen LogP contribution in [0.2, 0.25) is 0 Å². The zero-order valence-electron chi connectivity index (χ0n) is 27.7. The van der Waals surface area contributed by atoms with Crippen molar-refractivity contribution >= 4 is 17.1 Å². The highest BCUT2D eigenvalue weighted by Gasteiger charge is 2.46. The Bertz CT molecular complexity index is 2320. The Balaban J connectivity index is 1.28. The summed E-state index contributed by atoms with van der Waals surface area (Å²) in [6.45, 7) is 0. The number of nitrogens with zero attached hydrogens (tertiary/aromatic N) is 1. The highest BCUT2D eigenvalue weighted by atomic mass is 15.1. The van der Waals surface area contributed by atoms with Gasteiger partial charge >= 0.3 is 0 Å². The second kappa shape index (κ2) is 12.5. The van der Waals surface area contributed by atoms with Gasteiger partial charge < -0.3 is 4.90 Å². The molecule has 8 aromatic rings. The smallest absolute Gasteiger partial charge is 0.0713 e. The molecule has 1 heteroatoms. The van der Waals surface area contributed by atoms with Crippen LogP contribution in [0.15, 0.2) is 212 Å². The molecular weight excluding hydrogens is 603 g/mol. The molecule has 0 spiro atoms. The molecule has 0 saturated carbocycles. The number of benzene rings is 8. The largest absolute Gasteiger partial charge is 0.310 e. The van der Waals surface area contributed by atoms with Gasteiger partial charge in [-0.2, -0.15) is 0 Å². The summed E-state index contributed by atoms with van der Waals surface area (Å²) in [6, 6.07) is 77.1. The third-order valence-corrected chi connectivity index (χ3v) is 10.1. The average molecular weight is 638 g/mol. The molecule has 0 N–H and O–H groups in total. The maximum Gasteiger partial charge on any atom is 0.0713 e. The van der Waals surface area contributed by atoms with Gasteiger partial charge in [0.2, 0.25) is 0 Å². The second-order valence-corrected chi connectivity index (χ2v) is 12.9. The van der Waals surface area contributed by atoms with Crippen LogP contribution >= 0.6 is 0 Å². The fraction of sp³-hybridized carbons (Fsp3) is 0.0204. The van der Waals surface area contributed by atoms with Crippen molar-refractivity contribution in [2.24, 2.45) is 0 Å². The van der Waals surface area contributed by atoms with E-state index in [1.807, 2.05) is 0 Å². The van der Waals surface area contributed by atoms with Crippen molar-refractivity contribution in [3.05, 3.63) is 235 Å². The van der Waals surface area contributed by atoms with Crippen molar-refractivity contribution in [2.45, 2.75) is 5.41 Å². The van der Waals surface area contributed by atoms with Gasteiger partial charge in [-0.15, -0.1) is 0 Å². The predicted molar refractivity (Wildman–Crippen MR) is 209 cm³/mol. The molecule has 0 aliphatic heterocycles. The maximum absolute atomic E-state index is 2.45. The summed E-state index contributed by atoms with van der Waals surface area (Å²) in [6.07, 6.45) is 0. The molecule has 0 bridgehead atoms. The molecule has 0 atom stereocenters. The van der Waals surface area contributed by atoms with Crippen LogP contribution in [0.1, 0.15) is 22.3 Å². The molecular formula is C49H35N. The lowest BCUT2D eigenvalue weighted by Crippen LogP contribution is -2.28. The summed E-state index contributed by atoms with van der Waals surface area (Å²) in [5.74, 6) is 0. The van der Waals surface area contributed by atoms with Gasteiger partial charge in [0.25, 0.3) is 0 Å². The molecule has 236 valence electrons. The number of hydrogen-bond acceptors (Lipinski definition) is 1. The number of anilines is 3. The van der Waals surface area contributed by atoms with Gasteiger partial charge in [0.05, 0.1) is 11.1 Å². The van der Waals surface area contributed by atoms with Gasteiger partial charge in [0.1, 0.15) is 0 Å². The summed E-state index contributed by atoms with van der Waals surface area (Å²) >= 11 is 0. The molecule has 1 aliphatic rings. The Kier molecular flexibility index (Phi) is 7.44. The van der Waals surface area contributed by atoms with Crippen molar-refractivity contribution in [3.63, 3.8) is 0 Å². The SMILES string of the molecule is c1ccc(-c2cc(-c3ccc4c(c3)C(c3ccccc3)(c3ccccc3)c3ccccc3-4)ccc2N(c2ccccc2)c2ccccc2)cc1. The molecule has 9 rings (SSSR count). The van der Waals surface area contributed by atoms with Crippen LogP contribution in [0.4, 0.5) is 17.1 Å². The maximum atomic E-state index is 2.45.